The lowest BCUT2D eigenvalue weighted by atomic mass is 9.66. The van der Waals surface area contributed by atoms with E-state index in [4.69, 9.17) is 23.2 Å². The second-order valence-electron chi connectivity index (χ2n) is 11.2. The Morgan fingerprint density at radius 3 is 2.43 bits per heavy atom. The van der Waals surface area contributed by atoms with Crippen LogP contribution in [0.2, 0.25) is 5.02 Å². The number of carboxylic acid groups (broad SMARTS) is 1. The Kier molecular flexibility index (Phi) is 9.89. The molecule has 1 aliphatic rings. The SMILES string of the molecule is C=C(/C=C\C(Cl)=C/C)[C@@H]1[C@@H](c2cccc(Cl)c2)C[C@](C)(CC(=O)O)C(=O)N1C(CS(C)(=O)=O)C(C)(C)C. The minimum absolute atomic E-state index is 0.222. The number of benzene rings is 1. The van der Waals surface area contributed by atoms with E-state index in [-0.39, 0.29) is 12.2 Å². The fourth-order valence-electron chi connectivity index (χ4n) is 5.02. The first-order valence-electron chi connectivity index (χ1n) is 12.1. The van der Waals surface area contributed by atoms with Gasteiger partial charge in [-0.15, -0.1) is 0 Å². The van der Waals surface area contributed by atoms with Gasteiger partial charge in [-0.1, -0.05) is 81.8 Å². The first kappa shape index (κ1) is 31.1. The number of nitrogens with zero attached hydrogens (tertiary/aromatic N) is 1. The van der Waals surface area contributed by atoms with E-state index in [9.17, 15) is 23.1 Å². The van der Waals surface area contributed by atoms with Crippen LogP contribution in [0.4, 0.5) is 0 Å². The second-order valence-corrected chi connectivity index (χ2v) is 14.3. The molecule has 2 rings (SSSR count). The number of sulfone groups is 1. The third kappa shape index (κ3) is 7.95. The molecule has 204 valence electrons. The van der Waals surface area contributed by atoms with Crippen molar-refractivity contribution in [2.24, 2.45) is 10.8 Å². The summed E-state index contributed by atoms with van der Waals surface area (Å²) in [5, 5.41) is 10.7. The van der Waals surface area contributed by atoms with Crippen LogP contribution in [0, 0.1) is 10.8 Å². The fraction of sp³-hybridized carbons (Fsp3) is 0.500. The van der Waals surface area contributed by atoms with Crippen LogP contribution < -0.4 is 0 Å². The third-order valence-corrected chi connectivity index (χ3v) is 8.33. The molecule has 1 heterocycles. The number of rotatable bonds is 9. The molecule has 6 nitrogen and oxygen atoms in total. The largest absolute Gasteiger partial charge is 0.481 e. The standard InChI is InChI=1S/C28H37Cl2NO5S/c1-8-20(29)13-12-18(2)25-22(19-10-9-11-21(30)14-19)15-28(6,16-24(32)33)26(34)31(25)23(27(3,4)5)17-37(7,35)36/h8-14,22-23,25H,2,15-17H2,1,3-7H3,(H,32,33)/b13-12-,20-8+/t22-,23?,25-,28-/m1/s1. The molecule has 1 fully saturated rings. The van der Waals surface area contributed by atoms with E-state index in [0.717, 1.165) is 11.8 Å². The number of hydrogen-bond donors (Lipinski definition) is 1. The van der Waals surface area contributed by atoms with E-state index < -0.39 is 57.0 Å². The molecule has 0 saturated carbocycles. The van der Waals surface area contributed by atoms with Crippen molar-refractivity contribution in [2.45, 2.75) is 65.5 Å². The van der Waals surface area contributed by atoms with E-state index in [1.807, 2.05) is 26.8 Å². The van der Waals surface area contributed by atoms with Crippen molar-refractivity contribution in [2.75, 3.05) is 12.0 Å². The molecule has 9 heteroatoms. The summed E-state index contributed by atoms with van der Waals surface area (Å²) in [4.78, 5) is 27.7. The Balaban J connectivity index is 2.89. The number of aliphatic carboxylic acids is 1. The van der Waals surface area contributed by atoms with Crippen molar-refractivity contribution in [3.8, 4) is 0 Å². The summed E-state index contributed by atoms with van der Waals surface area (Å²) in [6.07, 6.45) is 6.09. The summed E-state index contributed by atoms with van der Waals surface area (Å²) >= 11 is 12.5. The van der Waals surface area contributed by atoms with Gasteiger partial charge < -0.3 is 10.0 Å². The van der Waals surface area contributed by atoms with Gasteiger partial charge in [-0.05, 0) is 48.1 Å². The molecule has 1 amide bonds. The number of carbonyl (C=O) groups excluding carboxylic acids is 1. The molecule has 1 aromatic carbocycles. The van der Waals surface area contributed by atoms with E-state index in [1.165, 1.54) is 0 Å². The Bertz CT molecular complexity index is 1220. The molecule has 37 heavy (non-hydrogen) atoms. The van der Waals surface area contributed by atoms with Crippen molar-refractivity contribution in [3.63, 3.8) is 0 Å². The van der Waals surface area contributed by atoms with Crippen LogP contribution in [-0.2, 0) is 19.4 Å². The van der Waals surface area contributed by atoms with E-state index in [2.05, 4.69) is 6.58 Å². The van der Waals surface area contributed by atoms with Crippen LogP contribution in [-0.4, -0.2) is 54.4 Å². The number of allylic oxidation sites excluding steroid dienone is 3. The second kappa shape index (κ2) is 11.7. The highest BCUT2D eigenvalue weighted by Gasteiger charge is 2.54. The van der Waals surface area contributed by atoms with Gasteiger partial charge in [0, 0.05) is 22.2 Å². The molecule has 0 radical (unpaired) electrons. The lowest BCUT2D eigenvalue weighted by molar-refractivity contribution is -0.160. The average Bonchev–Trinajstić information content (AvgIpc) is 2.75. The fourth-order valence-corrected chi connectivity index (χ4v) is 6.52. The van der Waals surface area contributed by atoms with Gasteiger partial charge in [0.05, 0.1) is 29.7 Å². The minimum atomic E-state index is -3.52. The summed E-state index contributed by atoms with van der Waals surface area (Å²) in [5.41, 5.74) is -0.562. The van der Waals surface area contributed by atoms with Gasteiger partial charge in [0.25, 0.3) is 0 Å². The molecule has 1 N–H and O–H groups in total. The minimum Gasteiger partial charge on any atom is -0.481 e. The average molecular weight is 571 g/mol. The van der Waals surface area contributed by atoms with Crippen molar-refractivity contribution in [1.29, 1.82) is 0 Å². The maximum Gasteiger partial charge on any atom is 0.304 e. The summed E-state index contributed by atoms with van der Waals surface area (Å²) in [5.74, 6) is -2.19. The number of hydrogen-bond acceptors (Lipinski definition) is 4. The molecule has 1 unspecified atom stereocenters. The summed E-state index contributed by atoms with van der Waals surface area (Å²) in [6, 6.07) is 5.82. The van der Waals surface area contributed by atoms with E-state index >= 15 is 0 Å². The van der Waals surface area contributed by atoms with E-state index in [0.29, 0.717) is 15.6 Å². The van der Waals surface area contributed by atoms with Crippen LogP contribution in [0.3, 0.4) is 0 Å². The van der Waals surface area contributed by atoms with Crippen LogP contribution in [0.1, 0.15) is 58.9 Å². The van der Waals surface area contributed by atoms with Gasteiger partial charge in [-0.3, -0.25) is 9.59 Å². The van der Waals surface area contributed by atoms with Gasteiger partial charge in [0.1, 0.15) is 9.84 Å². The topological polar surface area (TPSA) is 91.8 Å². The number of carbonyl (C=O) groups is 2. The van der Waals surface area contributed by atoms with Crippen molar-refractivity contribution < 1.29 is 23.1 Å². The quantitative estimate of drug-likeness (QED) is 0.356. The van der Waals surface area contributed by atoms with Crippen molar-refractivity contribution in [1.82, 2.24) is 4.90 Å². The number of piperidine rings is 1. The zero-order valence-electron chi connectivity index (χ0n) is 22.3. The van der Waals surface area contributed by atoms with Crippen LogP contribution in [0.5, 0.6) is 0 Å². The molecule has 0 spiro atoms. The predicted octanol–water partition coefficient (Wildman–Crippen LogP) is 6.22. The van der Waals surface area contributed by atoms with Gasteiger partial charge in [-0.2, -0.15) is 0 Å². The predicted molar refractivity (Wildman–Crippen MR) is 151 cm³/mol. The highest BCUT2D eigenvalue weighted by molar-refractivity contribution is 7.90. The van der Waals surface area contributed by atoms with Crippen molar-refractivity contribution >= 4 is 44.9 Å². The Morgan fingerprint density at radius 2 is 1.95 bits per heavy atom. The van der Waals surface area contributed by atoms with Crippen LogP contribution >= 0.6 is 23.2 Å². The molecule has 4 atom stereocenters. The van der Waals surface area contributed by atoms with Crippen molar-refractivity contribution in [3.05, 3.63) is 70.3 Å². The molecule has 0 bridgehead atoms. The van der Waals surface area contributed by atoms with Crippen LogP contribution in [0.15, 0.2) is 59.7 Å². The van der Waals surface area contributed by atoms with Gasteiger partial charge in [0.2, 0.25) is 5.91 Å². The number of amides is 1. The lowest BCUT2D eigenvalue weighted by Gasteiger charge is -2.54. The van der Waals surface area contributed by atoms with E-state index in [1.54, 1.807) is 55.2 Å². The van der Waals surface area contributed by atoms with Gasteiger partial charge in [0.15, 0.2) is 0 Å². The number of halogens is 2. The monoisotopic (exact) mass is 569 g/mol. The summed E-state index contributed by atoms with van der Waals surface area (Å²) in [6.45, 7) is 13.3. The summed E-state index contributed by atoms with van der Waals surface area (Å²) < 4.78 is 25.2. The molecular weight excluding hydrogens is 533 g/mol. The zero-order chi connectivity index (χ0) is 28.3. The zero-order valence-corrected chi connectivity index (χ0v) is 24.6. The molecule has 1 aromatic rings. The smallest absolute Gasteiger partial charge is 0.304 e. The maximum absolute atomic E-state index is 14.2. The van der Waals surface area contributed by atoms with Gasteiger partial charge in [-0.25, -0.2) is 8.42 Å². The molecular formula is C28H37Cl2NO5S. The molecule has 1 aliphatic heterocycles. The normalized spacial score (nSPS) is 24.4. The highest BCUT2D eigenvalue weighted by Crippen LogP contribution is 2.49. The van der Waals surface area contributed by atoms with Gasteiger partial charge >= 0.3 is 5.97 Å². The molecule has 0 aliphatic carbocycles. The number of likely N-dealkylation sites (tertiary alicyclic amines) is 1. The maximum atomic E-state index is 14.2. The third-order valence-electron chi connectivity index (χ3n) is 6.83. The number of carboxylic acids is 1. The lowest BCUT2D eigenvalue weighted by Crippen LogP contribution is -2.64. The summed E-state index contributed by atoms with van der Waals surface area (Å²) in [7, 11) is -3.52. The first-order valence-corrected chi connectivity index (χ1v) is 14.9. The Hall–Kier alpha value is -2.09. The Morgan fingerprint density at radius 1 is 1.32 bits per heavy atom. The Labute approximate surface area is 230 Å². The molecule has 1 saturated heterocycles. The van der Waals surface area contributed by atoms with Crippen LogP contribution in [0.25, 0.3) is 0 Å². The highest BCUT2D eigenvalue weighted by atomic mass is 35.5. The molecule has 0 aromatic heterocycles. The first-order chi connectivity index (χ1) is 16.9.